The van der Waals surface area contributed by atoms with Crippen LogP contribution in [0.4, 0.5) is 0 Å². The number of rotatable bonds is 25. The number of benzene rings is 1. The van der Waals surface area contributed by atoms with Crippen LogP contribution in [0.25, 0.3) is 0 Å². The minimum absolute atomic E-state index is 0.0735. The van der Waals surface area contributed by atoms with Crippen LogP contribution >= 0.6 is 0 Å². The molecule has 1 N–H and O–H groups in total. The molecule has 0 bridgehead atoms. The Kier molecular flexibility index (Phi) is 21.3. The molecule has 0 aliphatic rings. The lowest BCUT2D eigenvalue weighted by molar-refractivity contribution is -0.145. The highest BCUT2D eigenvalue weighted by Gasteiger charge is 2.03. The van der Waals surface area contributed by atoms with Gasteiger partial charge in [0.05, 0.1) is 0 Å². The molecule has 0 heterocycles. The topological polar surface area (TPSA) is 63.6 Å². The molecule has 0 aliphatic heterocycles. The van der Waals surface area contributed by atoms with Gasteiger partial charge in [0.25, 0.3) is 0 Å². The molecule has 0 atom stereocenters. The molecule has 0 fully saturated rings. The molecule has 0 saturated heterocycles. The first-order valence-electron chi connectivity index (χ1n) is 14.6. The summed E-state index contributed by atoms with van der Waals surface area (Å²) < 4.78 is 5.32. The van der Waals surface area contributed by atoms with Crippen LogP contribution in [0.1, 0.15) is 147 Å². The van der Waals surface area contributed by atoms with E-state index in [-0.39, 0.29) is 5.97 Å². The lowest BCUT2D eigenvalue weighted by atomic mass is 10.0. The Morgan fingerprint density at radius 1 is 0.514 bits per heavy atom. The van der Waals surface area contributed by atoms with Gasteiger partial charge >= 0.3 is 11.9 Å². The van der Waals surface area contributed by atoms with Crippen LogP contribution in [-0.4, -0.2) is 17.0 Å². The van der Waals surface area contributed by atoms with E-state index in [1.807, 2.05) is 30.3 Å². The van der Waals surface area contributed by atoms with E-state index in [4.69, 9.17) is 9.84 Å². The van der Waals surface area contributed by atoms with Crippen LogP contribution < -0.4 is 0 Å². The van der Waals surface area contributed by atoms with Crippen molar-refractivity contribution >= 4 is 11.9 Å². The van der Waals surface area contributed by atoms with Gasteiger partial charge in [-0.3, -0.25) is 9.59 Å². The summed E-state index contributed by atoms with van der Waals surface area (Å²) >= 11 is 0. The standard InChI is InChI=1S/C31H52O4/c32-30(33)26-22-17-15-13-11-9-7-5-3-1-2-4-6-8-10-12-14-16-18-23-27-31(34)35-28-29-24-20-19-21-25-29/h19-21,24-25H,1-18,22-23,26-28H2,(H,32,33). The number of hydrogen-bond donors (Lipinski definition) is 1. The SMILES string of the molecule is O=C(O)CCCCCCCCCCCCCCCCCCCCCCC(=O)OCc1ccccc1. The lowest BCUT2D eigenvalue weighted by Gasteiger charge is -2.05. The minimum Gasteiger partial charge on any atom is -0.481 e. The third-order valence-corrected chi connectivity index (χ3v) is 6.76. The second-order valence-electron chi connectivity index (χ2n) is 10.1. The van der Waals surface area contributed by atoms with Crippen molar-refractivity contribution in [2.75, 3.05) is 0 Å². The summed E-state index contributed by atoms with van der Waals surface area (Å²) in [5.41, 5.74) is 1.05. The van der Waals surface area contributed by atoms with E-state index in [0.717, 1.165) is 31.2 Å². The summed E-state index contributed by atoms with van der Waals surface area (Å²) in [5, 5.41) is 8.61. The van der Waals surface area contributed by atoms with Crippen LogP contribution in [0.5, 0.6) is 0 Å². The number of carboxylic acid groups (broad SMARTS) is 1. The largest absolute Gasteiger partial charge is 0.481 e. The number of ether oxygens (including phenoxy) is 1. The van der Waals surface area contributed by atoms with Gasteiger partial charge < -0.3 is 9.84 Å². The highest BCUT2D eigenvalue weighted by atomic mass is 16.5. The molecular formula is C31H52O4. The minimum atomic E-state index is -0.663. The maximum atomic E-state index is 11.8. The molecule has 4 nitrogen and oxygen atoms in total. The molecule has 0 amide bonds. The average Bonchev–Trinajstić information content (AvgIpc) is 2.86. The maximum Gasteiger partial charge on any atom is 0.306 e. The molecule has 0 saturated carbocycles. The highest BCUT2D eigenvalue weighted by Crippen LogP contribution is 2.15. The molecular weight excluding hydrogens is 436 g/mol. The predicted molar refractivity (Wildman–Crippen MR) is 145 cm³/mol. The first kappa shape index (κ1) is 31.2. The molecule has 1 aromatic carbocycles. The Balaban J connectivity index is 1.69. The third-order valence-electron chi connectivity index (χ3n) is 6.76. The van der Waals surface area contributed by atoms with Gasteiger partial charge in [-0.2, -0.15) is 0 Å². The zero-order valence-electron chi connectivity index (χ0n) is 22.3. The summed E-state index contributed by atoms with van der Waals surface area (Å²) in [6.45, 7) is 0.388. The fourth-order valence-corrected chi connectivity index (χ4v) is 4.54. The van der Waals surface area contributed by atoms with Crippen molar-refractivity contribution in [2.24, 2.45) is 0 Å². The molecule has 1 aromatic rings. The average molecular weight is 489 g/mol. The van der Waals surface area contributed by atoms with Crippen molar-refractivity contribution in [1.82, 2.24) is 0 Å². The summed E-state index contributed by atoms with van der Waals surface area (Å²) in [6.07, 6.45) is 26.3. The van der Waals surface area contributed by atoms with Crippen LogP contribution in [0.2, 0.25) is 0 Å². The first-order chi connectivity index (χ1) is 17.2. The summed E-state index contributed by atoms with van der Waals surface area (Å²) in [6, 6.07) is 9.86. The Labute approximate surface area is 215 Å². The highest BCUT2D eigenvalue weighted by molar-refractivity contribution is 5.69. The van der Waals surface area contributed by atoms with Crippen molar-refractivity contribution < 1.29 is 19.4 Å². The van der Waals surface area contributed by atoms with E-state index in [0.29, 0.717) is 19.4 Å². The second kappa shape index (κ2) is 23.9. The van der Waals surface area contributed by atoms with Crippen LogP contribution in [0.3, 0.4) is 0 Å². The van der Waals surface area contributed by atoms with Crippen molar-refractivity contribution in [3.63, 3.8) is 0 Å². The number of carbonyl (C=O) groups excluding carboxylic acids is 1. The van der Waals surface area contributed by atoms with E-state index in [2.05, 4.69) is 0 Å². The van der Waals surface area contributed by atoms with Gasteiger partial charge in [-0.1, -0.05) is 146 Å². The van der Waals surface area contributed by atoms with Gasteiger partial charge in [0.2, 0.25) is 0 Å². The van der Waals surface area contributed by atoms with Gasteiger partial charge in [0.1, 0.15) is 6.61 Å². The summed E-state index contributed by atoms with van der Waals surface area (Å²) in [5.74, 6) is -0.736. The zero-order valence-corrected chi connectivity index (χ0v) is 22.3. The van der Waals surface area contributed by atoms with E-state index < -0.39 is 5.97 Å². The fraction of sp³-hybridized carbons (Fsp3) is 0.742. The summed E-state index contributed by atoms with van der Waals surface area (Å²) in [7, 11) is 0. The van der Waals surface area contributed by atoms with Gasteiger partial charge in [-0.25, -0.2) is 0 Å². The monoisotopic (exact) mass is 488 g/mol. The van der Waals surface area contributed by atoms with Crippen molar-refractivity contribution in [3.8, 4) is 0 Å². The van der Waals surface area contributed by atoms with Gasteiger partial charge in [0, 0.05) is 12.8 Å². The molecule has 4 heteroatoms. The molecule has 35 heavy (non-hydrogen) atoms. The predicted octanol–water partition coefficient (Wildman–Crippen LogP) is 9.40. The van der Waals surface area contributed by atoms with Crippen molar-refractivity contribution in [2.45, 2.75) is 148 Å². The van der Waals surface area contributed by atoms with E-state index in [1.54, 1.807) is 0 Å². The molecule has 200 valence electrons. The van der Waals surface area contributed by atoms with Crippen LogP contribution in [0.15, 0.2) is 30.3 Å². The number of esters is 1. The van der Waals surface area contributed by atoms with Gasteiger partial charge in [-0.15, -0.1) is 0 Å². The van der Waals surface area contributed by atoms with E-state index in [1.165, 1.54) is 103 Å². The first-order valence-corrected chi connectivity index (χ1v) is 14.6. The maximum absolute atomic E-state index is 11.8. The van der Waals surface area contributed by atoms with E-state index in [9.17, 15) is 9.59 Å². The molecule has 0 aliphatic carbocycles. The molecule has 1 rings (SSSR count). The number of carbonyl (C=O) groups is 2. The number of unbranched alkanes of at least 4 members (excludes halogenated alkanes) is 19. The number of aliphatic carboxylic acids is 1. The second-order valence-corrected chi connectivity index (χ2v) is 10.1. The molecule has 0 unspecified atom stereocenters. The van der Waals surface area contributed by atoms with Gasteiger partial charge in [0.15, 0.2) is 0 Å². The molecule has 0 spiro atoms. The summed E-state index contributed by atoms with van der Waals surface area (Å²) in [4.78, 5) is 22.2. The lowest BCUT2D eigenvalue weighted by Crippen LogP contribution is -2.04. The normalized spacial score (nSPS) is 11.0. The number of hydrogen-bond acceptors (Lipinski definition) is 3. The third kappa shape index (κ3) is 22.4. The van der Waals surface area contributed by atoms with Crippen molar-refractivity contribution in [3.05, 3.63) is 35.9 Å². The smallest absolute Gasteiger partial charge is 0.306 e. The van der Waals surface area contributed by atoms with Gasteiger partial charge in [-0.05, 0) is 18.4 Å². The Hall–Kier alpha value is -1.84. The zero-order chi connectivity index (χ0) is 25.2. The quantitative estimate of drug-likeness (QED) is 0.110. The van der Waals surface area contributed by atoms with E-state index >= 15 is 0 Å². The molecule has 0 radical (unpaired) electrons. The number of carboxylic acids is 1. The molecule has 0 aromatic heterocycles. The Morgan fingerprint density at radius 2 is 0.857 bits per heavy atom. The fourth-order valence-electron chi connectivity index (χ4n) is 4.54. The Morgan fingerprint density at radius 3 is 1.23 bits per heavy atom. The van der Waals surface area contributed by atoms with Crippen LogP contribution in [0, 0.1) is 0 Å². The van der Waals surface area contributed by atoms with Crippen molar-refractivity contribution in [1.29, 1.82) is 0 Å². The Bertz CT molecular complexity index is 614. The van der Waals surface area contributed by atoms with Crippen LogP contribution in [-0.2, 0) is 20.9 Å².